The van der Waals surface area contributed by atoms with E-state index < -0.39 is 4.92 Å². The molecule has 1 atom stereocenters. The fraction of sp³-hybridized carbons (Fsp3) is 0.235. The van der Waals surface area contributed by atoms with Crippen LogP contribution in [0.4, 0.5) is 11.4 Å². The molecule has 6 nitrogen and oxygen atoms in total. The topological polar surface area (TPSA) is 81.5 Å². The molecular formula is C17H18N2O4. The van der Waals surface area contributed by atoms with Crippen molar-refractivity contribution in [3.8, 4) is 5.75 Å². The van der Waals surface area contributed by atoms with Crippen molar-refractivity contribution in [2.75, 3.05) is 5.32 Å². The molecule has 0 spiro atoms. The Kier molecular flexibility index (Phi) is 5.30. The van der Waals surface area contributed by atoms with E-state index >= 15 is 0 Å². The smallest absolute Gasteiger partial charge is 0.269 e. The minimum absolute atomic E-state index is 0.0213. The molecule has 2 aromatic rings. The summed E-state index contributed by atoms with van der Waals surface area (Å²) in [6, 6.07) is 12.6. The molecule has 23 heavy (non-hydrogen) atoms. The molecule has 0 aliphatic carbocycles. The Morgan fingerprint density at radius 1 is 1.26 bits per heavy atom. The van der Waals surface area contributed by atoms with Crippen LogP contribution in [0.5, 0.6) is 5.75 Å². The van der Waals surface area contributed by atoms with Gasteiger partial charge in [0.25, 0.3) is 11.6 Å². The van der Waals surface area contributed by atoms with Gasteiger partial charge in [0.2, 0.25) is 0 Å². The summed E-state index contributed by atoms with van der Waals surface area (Å²) in [6.45, 7) is 3.99. The van der Waals surface area contributed by atoms with Gasteiger partial charge in [0, 0.05) is 23.4 Å². The van der Waals surface area contributed by atoms with E-state index in [0.29, 0.717) is 17.0 Å². The standard InChI is InChI=1S/C17H18N2O4/c1-3-12(2)23-16-6-4-5-13(11-16)17(20)18-14-7-9-15(10-8-14)19(21)22/h4-12H,3H2,1-2H3,(H,18,20). The summed E-state index contributed by atoms with van der Waals surface area (Å²) < 4.78 is 5.69. The highest BCUT2D eigenvalue weighted by atomic mass is 16.6. The lowest BCUT2D eigenvalue weighted by atomic mass is 10.2. The molecular weight excluding hydrogens is 296 g/mol. The number of benzene rings is 2. The number of non-ortho nitro benzene ring substituents is 1. The van der Waals surface area contributed by atoms with Gasteiger partial charge in [-0.1, -0.05) is 13.0 Å². The number of rotatable bonds is 6. The van der Waals surface area contributed by atoms with E-state index in [0.717, 1.165) is 6.42 Å². The van der Waals surface area contributed by atoms with Crippen molar-refractivity contribution in [1.29, 1.82) is 0 Å². The van der Waals surface area contributed by atoms with E-state index in [4.69, 9.17) is 4.74 Å². The third kappa shape index (κ3) is 4.54. The number of nitrogens with zero attached hydrogens (tertiary/aromatic N) is 1. The van der Waals surface area contributed by atoms with Crippen LogP contribution >= 0.6 is 0 Å². The largest absolute Gasteiger partial charge is 0.491 e. The van der Waals surface area contributed by atoms with Crippen LogP contribution in [0.3, 0.4) is 0 Å². The number of nitrogens with one attached hydrogen (secondary N) is 1. The van der Waals surface area contributed by atoms with E-state index in [1.54, 1.807) is 24.3 Å². The average molecular weight is 314 g/mol. The molecule has 2 rings (SSSR count). The number of ether oxygens (including phenoxy) is 1. The number of nitro groups is 1. The van der Waals surface area contributed by atoms with Gasteiger partial charge in [-0.2, -0.15) is 0 Å². The minimum atomic E-state index is -0.485. The van der Waals surface area contributed by atoms with Gasteiger partial charge in [-0.05, 0) is 43.7 Å². The van der Waals surface area contributed by atoms with Crippen molar-refractivity contribution >= 4 is 17.3 Å². The number of anilines is 1. The van der Waals surface area contributed by atoms with Gasteiger partial charge in [-0.3, -0.25) is 14.9 Å². The molecule has 0 fully saturated rings. The zero-order valence-electron chi connectivity index (χ0n) is 13.0. The molecule has 2 aromatic carbocycles. The van der Waals surface area contributed by atoms with Crippen LogP contribution in [0.15, 0.2) is 48.5 Å². The summed E-state index contributed by atoms with van der Waals surface area (Å²) in [5.74, 6) is 0.337. The second-order valence-corrected chi connectivity index (χ2v) is 5.12. The van der Waals surface area contributed by atoms with Crippen molar-refractivity contribution < 1.29 is 14.5 Å². The minimum Gasteiger partial charge on any atom is -0.491 e. The summed E-state index contributed by atoms with van der Waals surface area (Å²) in [4.78, 5) is 22.4. The lowest BCUT2D eigenvalue weighted by Crippen LogP contribution is -2.13. The van der Waals surface area contributed by atoms with Crippen LogP contribution < -0.4 is 10.1 Å². The van der Waals surface area contributed by atoms with Crippen molar-refractivity contribution in [1.82, 2.24) is 0 Å². The van der Waals surface area contributed by atoms with Crippen LogP contribution in [0.2, 0.25) is 0 Å². The van der Waals surface area contributed by atoms with Gasteiger partial charge in [0.05, 0.1) is 11.0 Å². The molecule has 0 heterocycles. The predicted molar refractivity (Wildman–Crippen MR) is 87.9 cm³/mol. The highest BCUT2D eigenvalue weighted by Gasteiger charge is 2.10. The first-order valence-corrected chi connectivity index (χ1v) is 7.32. The highest BCUT2D eigenvalue weighted by molar-refractivity contribution is 6.04. The van der Waals surface area contributed by atoms with E-state index in [-0.39, 0.29) is 17.7 Å². The summed E-state index contributed by atoms with van der Waals surface area (Å²) in [5, 5.41) is 13.3. The number of hydrogen-bond donors (Lipinski definition) is 1. The number of hydrogen-bond acceptors (Lipinski definition) is 4. The molecule has 1 unspecified atom stereocenters. The third-order valence-corrected chi connectivity index (χ3v) is 3.34. The van der Waals surface area contributed by atoms with E-state index in [2.05, 4.69) is 5.32 Å². The fourth-order valence-corrected chi connectivity index (χ4v) is 1.90. The van der Waals surface area contributed by atoms with Crippen molar-refractivity contribution in [3.05, 3.63) is 64.2 Å². The highest BCUT2D eigenvalue weighted by Crippen LogP contribution is 2.19. The Morgan fingerprint density at radius 3 is 2.57 bits per heavy atom. The van der Waals surface area contributed by atoms with Gasteiger partial charge >= 0.3 is 0 Å². The Bertz CT molecular complexity index is 698. The maximum atomic E-state index is 12.2. The van der Waals surface area contributed by atoms with E-state index in [1.165, 1.54) is 24.3 Å². The fourth-order valence-electron chi connectivity index (χ4n) is 1.90. The van der Waals surface area contributed by atoms with Crippen LogP contribution in [0.1, 0.15) is 30.6 Å². The summed E-state index contributed by atoms with van der Waals surface area (Å²) in [5.41, 5.74) is 0.935. The molecule has 0 saturated heterocycles. The molecule has 0 radical (unpaired) electrons. The molecule has 1 N–H and O–H groups in total. The Morgan fingerprint density at radius 2 is 1.96 bits per heavy atom. The molecule has 0 aromatic heterocycles. The second kappa shape index (κ2) is 7.40. The molecule has 120 valence electrons. The van der Waals surface area contributed by atoms with Crippen LogP contribution in [0.25, 0.3) is 0 Å². The lowest BCUT2D eigenvalue weighted by molar-refractivity contribution is -0.384. The first-order chi connectivity index (χ1) is 11.0. The molecule has 1 amide bonds. The second-order valence-electron chi connectivity index (χ2n) is 5.12. The van der Waals surface area contributed by atoms with Crippen LogP contribution in [-0.2, 0) is 0 Å². The zero-order chi connectivity index (χ0) is 16.8. The third-order valence-electron chi connectivity index (χ3n) is 3.34. The molecule has 0 saturated carbocycles. The number of nitro benzene ring substituents is 1. The van der Waals surface area contributed by atoms with Crippen molar-refractivity contribution in [2.24, 2.45) is 0 Å². The number of amides is 1. The first kappa shape index (κ1) is 16.5. The quantitative estimate of drug-likeness (QED) is 0.645. The van der Waals surface area contributed by atoms with Gasteiger partial charge < -0.3 is 10.1 Å². The molecule has 0 bridgehead atoms. The number of carbonyl (C=O) groups excluding carboxylic acids is 1. The summed E-state index contributed by atoms with van der Waals surface area (Å²) in [7, 11) is 0. The average Bonchev–Trinajstić information content (AvgIpc) is 2.55. The van der Waals surface area contributed by atoms with Gasteiger partial charge in [-0.15, -0.1) is 0 Å². The van der Waals surface area contributed by atoms with Gasteiger partial charge in [0.15, 0.2) is 0 Å². The van der Waals surface area contributed by atoms with Gasteiger partial charge in [-0.25, -0.2) is 0 Å². The monoisotopic (exact) mass is 314 g/mol. The zero-order valence-corrected chi connectivity index (χ0v) is 13.0. The maximum Gasteiger partial charge on any atom is 0.269 e. The molecule has 0 aliphatic rings. The van der Waals surface area contributed by atoms with Crippen LogP contribution in [0, 0.1) is 10.1 Å². The summed E-state index contributed by atoms with van der Waals surface area (Å²) >= 11 is 0. The van der Waals surface area contributed by atoms with Crippen molar-refractivity contribution in [2.45, 2.75) is 26.4 Å². The number of carbonyl (C=O) groups is 1. The van der Waals surface area contributed by atoms with Crippen LogP contribution in [-0.4, -0.2) is 16.9 Å². The Labute approximate surface area is 134 Å². The summed E-state index contributed by atoms with van der Waals surface area (Å²) in [6.07, 6.45) is 0.946. The SMILES string of the molecule is CCC(C)Oc1cccc(C(=O)Nc2ccc([N+](=O)[O-])cc2)c1. The normalized spacial score (nSPS) is 11.6. The first-order valence-electron chi connectivity index (χ1n) is 7.32. The molecule has 6 heteroatoms. The Hall–Kier alpha value is -2.89. The van der Waals surface area contributed by atoms with Crippen molar-refractivity contribution in [3.63, 3.8) is 0 Å². The maximum absolute atomic E-state index is 12.2. The van der Waals surface area contributed by atoms with E-state index in [9.17, 15) is 14.9 Å². The lowest BCUT2D eigenvalue weighted by Gasteiger charge is -2.13. The van der Waals surface area contributed by atoms with E-state index in [1.807, 2.05) is 13.8 Å². The molecule has 0 aliphatic heterocycles. The Balaban J connectivity index is 2.08. The van der Waals surface area contributed by atoms with Gasteiger partial charge in [0.1, 0.15) is 5.75 Å². The predicted octanol–water partition coefficient (Wildman–Crippen LogP) is 4.02.